The van der Waals surface area contributed by atoms with E-state index in [9.17, 15) is 0 Å². The molecule has 6 aromatic rings. The zero-order valence-corrected chi connectivity index (χ0v) is 20.3. The Morgan fingerprint density at radius 1 is 0.528 bits per heavy atom. The van der Waals surface area contributed by atoms with Gasteiger partial charge in [-0.25, -0.2) is 0 Å². The number of rotatable bonds is 4. The Morgan fingerprint density at radius 3 is 2.17 bits per heavy atom. The van der Waals surface area contributed by atoms with Crippen LogP contribution in [0, 0.1) is 13.8 Å². The van der Waals surface area contributed by atoms with Gasteiger partial charge in [-0.1, -0.05) is 66.7 Å². The van der Waals surface area contributed by atoms with Crippen LogP contribution in [0.4, 0.5) is 0 Å². The highest BCUT2D eigenvalue weighted by molar-refractivity contribution is 6.07. The summed E-state index contributed by atoms with van der Waals surface area (Å²) in [5.74, 6) is 0. The van der Waals surface area contributed by atoms with Gasteiger partial charge in [-0.3, -0.25) is 15.0 Å². The molecule has 0 aliphatic carbocycles. The van der Waals surface area contributed by atoms with Crippen LogP contribution in [-0.4, -0.2) is 15.0 Å². The molecule has 0 aliphatic rings. The predicted octanol–water partition coefficient (Wildman–Crippen LogP) is 8.31. The summed E-state index contributed by atoms with van der Waals surface area (Å²) in [6.45, 7) is 4.12. The quantitative estimate of drug-likeness (QED) is 0.264. The van der Waals surface area contributed by atoms with Gasteiger partial charge in [0.1, 0.15) is 0 Å². The minimum absolute atomic E-state index is 0.973. The molecule has 0 bridgehead atoms. The van der Waals surface area contributed by atoms with Crippen LogP contribution in [-0.2, 0) is 0 Å². The molecule has 0 saturated heterocycles. The summed E-state index contributed by atoms with van der Waals surface area (Å²) < 4.78 is 0. The molecule has 6 rings (SSSR count). The Labute approximate surface area is 211 Å². The number of benzene rings is 3. The lowest BCUT2D eigenvalue weighted by molar-refractivity contribution is 1.20. The summed E-state index contributed by atoms with van der Waals surface area (Å²) in [7, 11) is 0. The van der Waals surface area contributed by atoms with Crippen LogP contribution in [0.5, 0.6) is 0 Å². The SMILES string of the molecule is Cc1ccnc(-c2cccc(-c3ccc(-c4ccc(C)nc4)c4ccncc34)c2-c2ccccc2)c1. The summed E-state index contributed by atoms with van der Waals surface area (Å²) in [6.07, 6.45) is 7.67. The van der Waals surface area contributed by atoms with E-state index in [2.05, 4.69) is 102 Å². The van der Waals surface area contributed by atoms with E-state index < -0.39 is 0 Å². The van der Waals surface area contributed by atoms with Crippen LogP contribution in [0.2, 0.25) is 0 Å². The fourth-order valence-corrected chi connectivity index (χ4v) is 4.89. The van der Waals surface area contributed by atoms with Crippen LogP contribution < -0.4 is 0 Å². The molecule has 0 saturated carbocycles. The third kappa shape index (κ3) is 3.95. The summed E-state index contributed by atoms with van der Waals surface area (Å²) in [4.78, 5) is 13.8. The highest BCUT2D eigenvalue weighted by Crippen LogP contribution is 2.43. The lowest BCUT2D eigenvalue weighted by atomic mass is 9.86. The van der Waals surface area contributed by atoms with E-state index in [4.69, 9.17) is 4.98 Å². The van der Waals surface area contributed by atoms with Crippen molar-refractivity contribution in [2.75, 3.05) is 0 Å². The minimum atomic E-state index is 0.973. The molecule has 3 aromatic carbocycles. The second-order valence-corrected chi connectivity index (χ2v) is 9.08. The van der Waals surface area contributed by atoms with Crippen molar-refractivity contribution in [3.63, 3.8) is 0 Å². The van der Waals surface area contributed by atoms with Gasteiger partial charge in [-0.05, 0) is 76.9 Å². The smallest absolute Gasteiger partial charge is 0.0711 e. The molecule has 36 heavy (non-hydrogen) atoms. The molecule has 3 nitrogen and oxygen atoms in total. The van der Waals surface area contributed by atoms with Gasteiger partial charge < -0.3 is 0 Å². The van der Waals surface area contributed by atoms with Crippen molar-refractivity contribution in [1.29, 1.82) is 0 Å². The Bertz CT molecular complexity index is 1690. The van der Waals surface area contributed by atoms with E-state index in [0.29, 0.717) is 0 Å². The van der Waals surface area contributed by atoms with E-state index in [-0.39, 0.29) is 0 Å². The average Bonchev–Trinajstić information content (AvgIpc) is 2.93. The van der Waals surface area contributed by atoms with Crippen molar-refractivity contribution in [1.82, 2.24) is 15.0 Å². The molecule has 0 atom stereocenters. The van der Waals surface area contributed by atoms with Crippen LogP contribution in [0.15, 0.2) is 116 Å². The van der Waals surface area contributed by atoms with Crippen molar-refractivity contribution in [2.24, 2.45) is 0 Å². The van der Waals surface area contributed by atoms with Crippen LogP contribution in [0.1, 0.15) is 11.3 Å². The second kappa shape index (κ2) is 9.20. The van der Waals surface area contributed by atoms with E-state index in [1.165, 1.54) is 11.1 Å². The van der Waals surface area contributed by atoms with Crippen molar-refractivity contribution >= 4 is 10.8 Å². The maximum atomic E-state index is 4.73. The number of fused-ring (bicyclic) bond motifs is 1. The molecule has 0 fully saturated rings. The third-order valence-electron chi connectivity index (χ3n) is 6.65. The van der Waals surface area contributed by atoms with Crippen molar-refractivity contribution in [2.45, 2.75) is 13.8 Å². The molecule has 0 amide bonds. The number of aryl methyl sites for hydroxylation is 2. The van der Waals surface area contributed by atoms with Gasteiger partial charge in [0, 0.05) is 47.0 Å². The zero-order valence-electron chi connectivity index (χ0n) is 20.3. The summed E-state index contributed by atoms with van der Waals surface area (Å²) in [5, 5.41) is 2.27. The predicted molar refractivity (Wildman–Crippen MR) is 149 cm³/mol. The lowest BCUT2D eigenvalue weighted by Crippen LogP contribution is -1.94. The van der Waals surface area contributed by atoms with E-state index in [0.717, 1.165) is 55.5 Å². The first kappa shape index (κ1) is 21.9. The first-order valence-electron chi connectivity index (χ1n) is 12.1. The van der Waals surface area contributed by atoms with Gasteiger partial charge in [0.05, 0.1) is 5.69 Å². The monoisotopic (exact) mass is 463 g/mol. The molecular weight excluding hydrogens is 438 g/mol. The summed E-state index contributed by atoms with van der Waals surface area (Å²) in [6, 6.07) is 32.0. The van der Waals surface area contributed by atoms with E-state index in [1.54, 1.807) is 0 Å². The Morgan fingerprint density at radius 2 is 1.36 bits per heavy atom. The Kier molecular flexibility index (Phi) is 5.59. The number of nitrogens with zero attached hydrogens (tertiary/aromatic N) is 3. The van der Waals surface area contributed by atoms with Gasteiger partial charge in [0.25, 0.3) is 0 Å². The molecule has 3 heterocycles. The van der Waals surface area contributed by atoms with Crippen molar-refractivity contribution in [3.05, 3.63) is 127 Å². The van der Waals surface area contributed by atoms with Gasteiger partial charge in [-0.2, -0.15) is 0 Å². The average molecular weight is 464 g/mol. The summed E-state index contributed by atoms with van der Waals surface area (Å²) >= 11 is 0. The largest absolute Gasteiger partial charge is 0.264 e. The maximum absolute atomic E-state index is 4.73. The number of hydrogen-bond donors (Lipinski definition) is 0. The molecule has 0 aliphatic heterocycles. The third-order valence-corrected chi connectivity index (χ3v) is 6.65. The highest BCUT2D eigenvalue weighted by Gasteiger charge is 2.18. The van der Waals surface area contributed by atoms with Gasteiger partial charge >= 0.3 is 0 Å². The molecule has 172 valence electrons. The number of aromatic nitrogens is 3. The van der Waals surface area contributed by atoms with E-state index in [1.807, 2.05) is 37.8 Å². The number of hydrogen-bond acceptors (Lipinski definition) is 3. The first-order chi connectivity index (χ1) is 17.7. The Hall–Kier alpha value is -4.63. The fraction of sp³-hybridized carbons (Fsp3) is 0.0606. The van der Waals surface area contributed by atoms with Gasteiger partial charge in [-0.15, -0.1) is 0 Å². The van der Waals surface area contributed by atoms with E-state index >= 15 is 0 Å². The summed E-state index contributed by atoms with van der Waals surface area (Å²) in [5.41, 5.74) is 11.2. The normalized spacial score (nSPS) is 11.1. The van der Waals surface area contributed by atoms with Gasteiger partial charge in [0.15, 0.2) is 0 Å². The Balaban J connectivity index is 1.64. The van der Waals surface area contributed by atoms with Crippen molar-refractivity contribution in [3.8, 4) is 44.6 Å². The molecular formula is C33H25N3. The number of pyridine rings is 3. The van der Waals surface area contributed by atoms with Crippen molar-refractivity contribution < 1.29 is 0 Å². The van der Waals surface area contributed by atoms with Crippen LogP contribution in [0.25, 0.3) is 55.4 Å². The molecule has 0 spiro atoms. The first-order valence-corrected chi connectivity index (χ1v) is 12.1. The lowest BCUT2D eigenvalue weighted by Gasteiger charge is -2.18. The minimum Gasteiger partial charge on any atom is -0.264 e. The fourth-order valence-electron chi connectivity index (χ4n) is 4.89. The maximum Gasteiger partial charge on any atom is 0.0711 e. The van der Waals surface area contributed by atoms with Crippen LogP contribution in [0.3, 0.4) is 0 Å². The molecule has 0 N–H and O–H groups in total. The molecule has 0 radical (unpaired) electrons. The zero-order chi connectivity index (χ0) is 24.5. The second-order valence-electron chi connectivity index (χ2n) is 9.08. The molecule has 3 heteroatoms. The topological polar surface area (TPSA) is 38.7 Å². The standard InChI is InChI=1S/C33H25N3/c1-22-15-18-35-32(19-22)30-10-6-9-29(33(30)24-7-4-3-5-8-24)27-14-13-26(25-12-11-23(2)36-20-25)28-16-17-34-21-31(27)28/h3-21H,1-2H3. The van der Waals surface area contributed by atoms with Crippen LogP contribution >= 0.6 is 0 Å². The van der Waals surface area contributed by atoms with Gasteiger partial charge in [0.2, 0.25) is 0 Å². The molecule has 3 aromatic heterocycles. The highest BCUT2D eigenvalue weighted by atomic mass is 14.7. The molecule has 0 unspecified atom stereocenters.